The molecule has 3 aliphatic heterocycles. The molecule has 31 heavy (non-hydrogen) atoms. The normalized spacial score (nSPS) is 24.7. The average Bonchev–Trinajstić information content (AvgIpc) is 3.40. The second-order valence-corrected chi connectivity index (χ2v) is 7.87. The number of alkyl halides is 3. The molecule has 164 valence electrons. The van der Waals surface area contributed by atoms with Crippen molar-refractivity contribution in [3.8, 4) is 11.5 Å². The minimum Gasteiger partial charge on any atom is -0.420 e. The number of carbonyl (C=O) groups is 1. The number of nitrogens with zero attached hydrogens (tertiary/aromatic N) is 3. The quantitative estimate of drug-likeness (QED) is 0.680. The molecule has 0 saturated carbocycles. The largest absolute Gasteiger partial charge is 0.420 e. The second-order valence-electron chi connectivity index (χ2n) is 7.87. The molecule has 0 aliphatic carbocycles. The van der Waals surface area contributed by atoms with E-state index >= 15 is 0 Å². The van der Waals surface area contributed by atoms with Crippen LogP contribution in [0.25, 0.3) is 11.5 Å². The van der Waals surface area contributed by atoms with Crippen LogP contribution < -0.4 is 16.1 Å². The summed E-state index contributed by atoms with van der Waals surface area (Å²) in [4.78, 5) is 12.4. The van der Waals surface area contributed by atoms with Crippen LogP contribution in [0.1, 0.15) is 30.2 Å². The zero-order chi connectivity index (χ0) is 21.6. The number of aromatic nitrogens is 2. The molecule has 4 heterocycles. The summed E-state index contributed by atoms with van der Waals surface area (Å²) in [6.45, 7) is 2.18. The molecule has 2 saturated heterocycles. The Labute approximate surface area is 175 Å². The van der Waals surface area contributed by atoms with E-state index in [4.69, 9.17) is 4.42 Å². The van der Waals surface area contributed by atoms with Crippen LogP contribution in [0, 0.1) is 5.92 Å². The van der Waals surface area contributed by atoms with Crippen LogP contribution in [0.15, 0.2) is 40.5 Å². The number of hydrazine groups is 1. The fraction of sp³-hybridized carbons (Fsp3) is 0.450. The monoisotopic (exact) mass is 434 g/mol. The zero-order valence-corrected chi connectivity index (χ0v) is 16.4. The lowest BCUT2D eigenvalue weighted by molar-refractivity contribution is -0.137. The summed E-state index contributed by atoms with van der Waals surface area (Å²) in [7, 11) is 0. The summed E-state index contributed by atoms with van der Waals surface area (Å²) in [5, 5.41) is 16.0. The molecule has 2 atom stereocenters. The molecular formula is C20H21F3N6O2. The van der Waals surface area contributed by atoms with E-state index in [1.165, 1.54) is 18.2 Å². The summed E-state index contributed by atoms with van der Waals surface area (Å²) in [5.41, 5.74) is 3.20. The van der Waals surface area contributed by atoms with E-state index < -0.39 is 23.8 Å². The second kappa shape index (κ2) is 7.65. The first-order valence-electron chi connectivity index (χ1n) is 10.2. The third-order valence-corrected chi connectivity index (χ3v) is 5.97. The van der Waals surface area contributed by atoms with Crippen molar-refractivity contribution in [1.82, 2.24) is 31.3 Å². The fourth-order valence-corrected chi connectivity index (χ4v) is 4.46. The van der Waals surface area contributed by atoms with Gasteiger partial charge in [0.25, 0.3) is 0 Å². The van der Waals surface area contributed by atoms with Crippen LogP contribution >= 0.6 is 0 Å². The number of carbonyl (C=O) groups excluding carboxylic acids is 1. The highest BCUT2D eigenvalue weighted by Gasteiger charge is 2.44. The van der Waals surface area contributed by atoms with E-state index in [-0.39, 0.29) is 29.2 Å². The molecule has 5 rings (SSSR count). The molecule has 1 amide bonds. The Bertz CT molecular complexity index is 1010. The minimum atomic E-state index is -4.54. The molecule has 2 aromatic rings. The Morgan fingerprint density at radius 1 is 1.13 bits per heavy atom. The number of halogens is 3. The van der Waals surface area contributed by atoms with Gasteiger partial charge in [-0.2, -0.15) is 13.2 Å². The van der Waals surface area contributed by atoms with E-state index in [1.807, 2.05) is 5.01 Å². The van der Waals surface area contributed by atoms with Crippen molar-refractivity contribution in [2.75, 3.05) is 19.6 Å². The van der Waals surface area contributed by atoms with Gasteiger partial charge in [0.05, 0.1) is 17.0 Å². The summed E-state index contributed by atoms with van der Waals surface area (Å²) >= 11 is 0. The number of hydrogen-bond donors (Lipinski definition) is 3. The number of piperidine rings is 1. The number of fused-ring (bicyclic) bond motifs is 1. The van der Waals surface area contributed by atoms with Gasteiger partial charge in [-0.05, 0) is 38.1 Å². The fourth-order valence-electron chi connectivity index (χ4n) is 4.46. The molecule has 2 unspecified atom stereocenters. The van der Waals surface area contributed by atoms with Gasteiger partial charge in [0.2, 0.25) is 17.7 Å². The van der Waals surface area contributed by atoms with E-state index in [0.717, 1.165) is 37.7 Å². The third-order valence-electron chi connectivity index (χ3n) is 5.97. The summed E-state index contributed by atoms with van der Waals surface area (Å²) in [6, 6.07) is 5.09. The highest BCUT2D eigenvalue weighted by molar-refractivity contribution is 5.89. The number of allylic oxidation sites excluding steroid dienone is 1. The third kappa shape index (κ3) is 3.68. The number of nitrogens with one attached hydrogen (secondary N) is 3. The first kappa shape index (κ1) is 20.0. The van der Waals surface area contributed by atoms with Crippen molar-refractivity contribution in [3.05, 3.63) is 47.5 Å². The van der Waals surface area contributed by atoms with Gasteiger partial charge >= 0.3 is 6.18 Å². The number of amides is 1. The van der Waals surface area contributed by atoms with E-state index in [1.54, 1.807) is 6.08 Å². The lowest BCUT2D eigenvalue weighted by Gasteiger charge is -2.38. The Morgan fingerprint density at radius 3 is 2.68 bits per heavy atom. The van der Waals surface area contributed by atoms with Gasteiger partial charge in [-0.15, -0.1) is 10.2 Å². The van der Waals surface area contributed by atoms with Crippen LogP contribution in [-0.4, -0.2) is 46.9 Å². The molecule has 0 spiro atoms. The van der Waals surface area contributed by atoms with Gasteiger partial charge < -0.3 is 15.1 Å². The zero-order valence-electron chi connectivity index (χ0n) is 16.4. The maximum atomic E-state index is 13.4. The molecule has 3 N–H and O–H groups in total. The molecule has 11 heteroatoms. The van der Waals surface area contributed by atoms with Gasteiger partial charge in [-0.3, -0.25) is 9.80 Å². The van der Waals surface area contributed by atoms with Gasteiger partial charge in [0.15, 0.2) is 0 Å². The highest BCUT2D eigenvalue weighted by Crippen LogP contribution is 2.38. The Balaban J connectivity index is 1.42. The van der Waals surface area contributed by atoms with Crippen molar-refractivity contribution in [2.24, 2.45) is 5.92 Å². The van der Waals surface area contributed by atoms with Crippen molar-refractivity contribution in [1.29, 1.82) is 0 Å². The highest BCUT2D eigenvalue weighted by atomic mass is 19.4. The summed E-state index contributed by atoms with van der Waals surface area (Å²) in [6.07, 6.45) is -1.53. The molecule has 0 bridgehead atoms. The van der Waals surface area contributed by atoms with Crippen LogP contribution in [-0.2, 0) is 11.0 Å². The molecule has 0 radical (unpaired) electrons. The van der Waals surface area contributed by atoms with Crippen molar-refractivity contribution < 1.29 is 22.4 Å². The van der Waals surface area contributed by atoms with Crippen LogP contribution in [0.2, 0.25) is 0 Å². The van der Waals surface area contributed by atoms with Crippen molar-refractivity contribution in [3.63, 3.8) is 0 Å². The molecular weight excluding hydrogens is 413 g/mol. The Hall–Kier alpha value is -2.92. The molecule has 1 aromatic carbocycles. The van der Waals surface area contributed by atoms with Crippen molar-refractivity contribution in [2.45, 2.75) is 31.1 Å². The van der Waals surface area contributed by atoms with Gasteiger partial charge in [0.1, 0.15) is 6.17 Å². The maximum absolute atomic E-state index is 13.4. The SMILES string of the molecule is O=C1C=C(C2CCNCC2)N2NCC(c3nnc(-c4ccccc4C(F)(F)F)o3)C2N1. The lowest BCUT2D eigenvalue weighted by atomic mass is 9.92. The van der Waals surface area contributed by atoms with Crippen LogP contribution in [0.4, 0.5) is 13.2 Å². The maximum Gasteiger partial charge on any atom is 0.417 e. The number of benzene rings is 1. The van der Waals surface area contributed by atoms with Crippen molar-refractivity contribution >= 4 is 5.91 Å². The van der Waals surface area contributed by atoms with Crippen LogP contribution in [0.3, 0.4) is 0 Å². The van der Waals surface area contributed by atoms with Gasteiger partial charge in [0, 0.05) is 24.2 Å². The smallest absolute Gasteiger partial charge is 0.417 e. The Morgan fingerprint density at radius 2 is 1.90 bits per heavy atom. The molecule has 3 aliphatic rings. The predicted octanol–water partition coefficient (Wildman–Crippen LogP) is 2.00. The standard InChI is InChI=1S/C20H21F3N6O2/c21-20(22,23)14-4-2-1-3-12(14)18-27-28-19(31-18)13-10-25-29-15(9-16(30)26-17(13)29)11-5-7-24-8-6-11/h1-4,9,11,13,17,24-25H,5-8,10H2,(H,26,30). The first-order valence-corrected chi connectivity index (χ1v) is 10.2. The van der Waals surface area contributed by atoms with E-state index in [0.29, 0.717) is 6.54 Å². The first-order chi connectivity index (χ1) is 14.9. The molecule has 1 aromatic heterocycles. The summed E-state index contributed by atoms with van der Waals surface area (Å²) < 4.78 is 45.8. The van der Waals surface area contributed by atoms with Crippen LogP contribution in [0.5, 0.6) is 0 Å². The lowest BCUT2D eigenvalue weighted by Crippen LogP contribution is -2.53. The topological polar surface area (TPSA) is 95.3 Å². The van der Waals surface area contributed by atoms with E-state index in [2.05, 4.69) is 26.3 Å². The van der Waals surface area contributed by atoms with E-state index in [9.17, 15) is 18.0 Å². The molecule has 2 fully saturated rings. The number of hydrogen-bond acceptors (Lipinski definition) is 7. The molecule has 8 nitrogen and oxygen atoms in total. The summed E-state index contributed by atoms with van der Waals surface area (Å²) in [5.74, 6) is -0.367. The predicted molar refractivity (Wildman–Crippen MR) is 103 cm³/mol. The minimum absolute atomic E-state index is 0.167. The van der Waals surface area contributed by atoms with Gasteiger partial charge in [-0.1, -0.05) is 12.1 Å². The average molecular weight is 434 g/mol. The Kier molecular flexibility index (Phi) is 4.94. The van der Waals surface area contributed by atoms with Gasteiger partial charge in [-0.25, -0.2) is 5.43 Å². The number of rotatable bonds is 3.